The van der Waals surface area contributed by atoms with E-state index in [1.54, 1.807) is 31.2 Å². The average Bonchev–Trinajstić information content (AvgIpc) is 3.25. The minimum absolute atomic E-state index is 0.146. The third-order valence-electron chi connectivity index (χ3n) is 5.05. The van der Waals surface area contributed by atoms with Crippen LogP contribution < -0.4 is 10.1 Å². The number of hydrogen-bond donors (Lipinski definition) is 1. The SMILES string of the molecule is Cc1noc(-c2ccc(C(=O)NCc3cccc(OCCN4CCOCC4)c3)cc2)n1. The van der Waals surface area contributed by atoms with E-state index in [-0.39, 0.29) is 5.91 Å². The molecule has 0 spiro atoms. The maximum atomic E-state index is 12.5. The number of amides is 1. The molecule has 2 aromatic carbocycles. The molecule has 0 aliphatic carbocycles. The number of hydrogen-bond acceptors (Lipinski definition) is 7. The van der Waals surface area contributed by atoms with Gasteiger partial charge in [-0.15, -0.1) is 0 Å². The highest BCUT2D eigenvalue weighted by atomic mass is 16.5. The van der Waals surface area contributed by atoms with Crippen molar-refractivity contribution in [3.63, 3.8) is 0 Å². The highest BCUT2D eigenvalue weighted by Gasteiger charge is 2.11. The molecular formula is C23H26N4O4. The van der Waals surface area contributed by atoms with Crippen LogP contribution in [-0.2, 0) is 11.3 Å². The number of nitrogens with one attached hydrogen (secondary N) is 1. The maximum Gasteiger partial charge on any atom is 0.257 e. The molecule has 0 radical (unpaired) electrons. The zero-order chi connectivity index (χ0) is 21.5. The molecule has 8 nitrogen and oxygen atoms in total. The molecule has 1 N–H and O–H groups in total. The Balaban J connectivity index is 1.26. The van der Waals surface area contributed by atoms with Crippen molar-refractivity contribution in [1.82, 2.24) is 20.4 Å². The number of carbonyl (C=O) groups excluding carboxylic acids is 1. The van der Waals surface area contributed by atoms with E-state index in [2.05, 4.69) is 20.4 Å². The molecular weight excluding hydrogens is 396 g/mol. The second-order valence-electron chi connectivity index (χ2n) is 7.36. The first-order valence-corrected chi connectivity index (χ1v) is 10.4. The molecule has 1 aliphatic rings. The van der Waals surface area contributed by atoms with Crippen LogP contribution in [-0.4, -0.2) is 60.4 Å². The number of morpholine rings is 1. The fourth-order valence-corrected chi connectivity index (χ4v) is 3.33. The lowest BCUT2D eigenvalue weighted by molar-refractivity contribution is 0.0322. The second-order valence-corrected chi connectivity index (χ2v) is 7.36. The Morgan fingerprint density at radius 1 is 1.16 bits per heavy atom. The van der Waals surface area contributed by atoms with Crippen LogP contribution in [0.4, 0.5) is 0 Å². The van der Waals surface area contributed by atoms with E-state index in [0.29, 0.717) is 30.4 Å². The Kier molecular flexibility index (Phi) is 6.91. The summed E-state index contributed by atoms with van der Waals surface area (Å²) < 4.78 is 16.4. The number of rotatable bonds is 8. The summed E-state index contributed by atoms with van der Waals surface area (Å²) in [5.41, 5.74) is 2.33. The predicted molar refractivity (Wildman–Crippen MR) is 115 cm³/mol. The van der Waals surface area contributed by atoms with Crippen molar-refractivity contribution in [2.24, 2.45) is 0 Å². The lowest BCUT2D eigenvalue weighted by atomic mass is 10.1. The Bertz CT molecular complexity index is 997. The molecule has 0 atom stereocenters. The average molecular weight is 422 g/mol. The molecule has 1 aromatic heterocycles. The van der Waals surface area contributed by atoms with Crippen molar-refractivity contribution in [3.05, 3.63) is 65.5 Å². The van der Waals surface area contributed by atoms with Crippen LogP contribution in [0.1, 0.15) is 21.7 Å². The molecule has 1 fully saturated rings. The number of aryl methyl sites for hydroxylation is 1. The van der Waals surface area contributed by atoms with Crippen LogP contribution in [0.5, 0.6) is 5.75 Å². The van der Waals surface area contributed by atoms with Gasteiger partial charge in [-0.25, -0.2) is 0 Å². The van der Waals surface area contributed by atoms with Crippen LogP contribution in [0.2, 0.25) is 0 Å². The molecule has 1 amide bonds. The molecule has 31 heavy (non-hydrogen) atoms. The smallest absolute Gasteiger partial charge is 0.257 e. The van der Waals surface area contributed by atoms with E-state index >= 15 is 0 Å². The van der Waals surface area contributed by atoms with Crippen molar-refractivity contribution in [1.29, 1.82) is 0 Å². The van der Waals surface area contributed by atoms with Gasteiger partial charge >= 0.3 is 0 Å². The summed E-state index contributed by atoms with van der Waals surface area (Å²) in [6.07, 6.45) is 0. The van der Waals surface area contributed by atoms with Crippen molar-refractivity contribution in [2.45, 2.75) is 13.5 Å². The Labute approximate surface area is 181 Å². The second kappa shape index (κ2) is 10.2. The number of carbonyl (C=O) groups is 1. The highest BCUT2D eigenvalue weighted by Crippen LogP contribution is 2.18. The number of benzene rings is 2. The van der Waals surface area contributed by atoms with Crippen LogP contribution in [0.3, 0.4) is 0 Å². The Morgan fingerprint density at radius 3 is 2.71 bits per heavy atom. The summed E-state index contributed by atoms with van der Waals surface area (Å²) in [5.74, 6) is 1.67. The van der Waals surface area contributed by atoms with Gasteiger partial charge in [0.2, 0.25) is 0 Å². The van der Waals surface area contributed by atoms with Gasteiger partial charge < -0.3 is 19.3 Å². The molecule has 8 heteroatoms. The first-order chi connectivity index (χ1) is 15.2. The molecule has 0 bridgehead atoms. The quantitative estimate of drug-likeness (QED) is 0.597. The summed E-state index contributed by atoms with van der Waals surface area (Å²) in [7, 11) is 0. The monoisotopic (exact) mass is 422 g/mol. The van der Waals surface area contributed by atoms with E-state index in [1.807, 2.05) is 24.3 Å². The van der Waals surface area contributed by atoms with Crippen LogP contribution in [0.25, 0.3) is 11.5 Å². The zero-order valence-electron chi connectivity index (χ0n) is 17.5. The minimum atomic E-state index is -0.146. The highest BCUT2D eigenvalue weighted by molar-refractivity contribution is 5.94. The molecule has 3 aromatic rings. The lowest BCUT2D eigenvalue weighted by Crippen LogP contribution is -2.38. The molecule has 4 rings (SSSR count). The van der Waals surface area contributed by atoms with Crippen molar-refractivity contribution in [3.8, 4) is 17.2 Å². The first kappa shape index (κ1) is 21.0. The van der Waals surface area contributed by atoms with Crippen molar-refractivity contribution >= 4 is 5.91 Å². The number of nitrogens with zero attached hydrogens (tertiary/aromatic N) is 3. The number of ether oxygens (including phenoxy) is 2. The zero-order valence-corrected chi connectivity index (χ0v) is 17.5. The van der Waals surface area contributed by atoms with Gasteiger partial charge in [0.1, 0.15) is 12.4 Å². The normalized spacial score (nSPS) is 14.4. The van der Waals surface area contributed by atoms with Crippen molar-refractivity contribution < 1.29 is 18.8 Å². The van der Waals surface area contributed by atoms with Gasteiger partial charge in [-0.2, -0.15) is 4.98 Å². The molecule has 162 valence electrons. The summed E-state index contributed by atoms with van der Waals surface area (Å²) in [4.78, 5) is 19.0. The third-order valence-corrected chi connectivity index (χ3v) is 5.05. The van der Waals surface area contributed by atoms with Gasteiger partial charge in [-0.1, -0.05) is 17.3 Å². The summed E-state index contributed by atoms with van der Waals surface area (Å²) in [5, 5.41) is 6.73. The van der Waals surface area contributed by atoms with Gasteiger partial charge in [0.25, 0.3) is 11.8 Å². The van der Waals surface area contributed by atoms with E-state index in [9.17, 15) is 4.79 Å². The first-order valence-electron chi connectivity index (χ1n) is 10.4. The van der Waals surface area contributed by atoms with Crippen LogP contribution >= 0.6 is 0 Å². The lowest BCUT2D eigenvalue weighted by Gasteiger charge is -2.26. The summed E-state index contributed by atoms with van der Waals surface area (Å²) in [6.45, 7) is 7.16. The van der Waals surface area contributed by atoms with Gasteiger partial charge in [-0.05, 0) is 48.9 Å². The fraction of sp³-hybridized carbons (Fsp3) is 0.348. The molecule has 1 saturated heterocycles. The summed E-state index contributed by atoms with van der Waals surface area (Å²) in [6, 6.07) is 14.9. The molecule has 2 heterocycles. The van der Waals surface area contributed by atoms with E-state index in [4.69, 9.17) is 14.0 Å². The Hall–Kier alpha value is -3.23. The molecule has 1 aliphatic heterocycles. The Morgan fingerprint density at radius 2 is 1.97 bits per heavy atom. The van der Waals surface area contributed by atoms with Crippen LogP contribution in [0.15, 0.2) is 53.1 Å². The van der Waals surface area contributed by atoms with Gasteiger partial charge in [0, 0.05) is 37.3 Å². The molecule has 0 saturated carbocycles. The fourth-order valence-electron chi connectivity index (χ4n) is 3.33. The molecule has 0 unspecified atom stereocenters. The topological polar surface area (TPSA) is 89.7 Å². The maximum absolute atomic E-state index is 12.5. The number of aromatic nitrogens is 2. The van der Waals surface area contributed by atoms with Crippen molar-refractivity contribution in [2.75, 3.05) is 39.5 Å². The van der Waals surface area contributed by atoms with Crippen LogP contribution in [0, 0.1) is 6.92 Å². The van der Waals surface area contributed by atoms with E-state index in [0.717, 1.165) is 49.7 Å². The van der Waals surface area contributed by atoms with Gasteiger partial charge in [0.05, 0.1) is 13.2 Å². The standard InChI is InChI=1S/C23H26N4O4/c1-17-25-23(31-26-17)20-7-5-19(6-8-20)22(28)24-16-18-3-2-4-21(15-18)30-14-11-27-9-12-29-13-10-27/h2-8,15H,9-14,16H2,1H3,(H,24,28). The van der Waals surface area contributed by atoms with Gasteiger partial charge in [-0.3, -0.25) is 9.69 Å². The predicted octanol–water partition coefficient (Wildman–Crippen LogP) is 2.69. The minimum Gasteiger partial charge on any atom is -0.492 e. The largest absolute Gasteiger partial charge is 0.492 e. The van der Waals surface area contributed by atoms with E-state index in [1.165, 1.54) is 0 Å². The van der Waals surface area contributed by atoms with Gasteiger partial charge in [0.15, 0.2) is 5.82 Å². The summed E-state index contributed by atoms with van der Waals surface area (Å²) >= 11 is 0. The van der Waals surface area contributed by atoms with E-state index < -0.39 is 0 Å². The third kappa shape index (κ3) is 5.90.